The van der Waals surface area contributed by atoms with E-state index in [4.69, 9.17) is 39.5 Å². The summed E-state index contributed by atoms with van der Waals surface area (Å²) in [7, 11) is 0. The van der Waals surface area contributed by atoms with Crippen molar-refractivity contribution in [3.8, 4) is 0 Å². The van der Waals surface area contributed by atoms with E-state index in [2.05, 4.69) is 5.32 Å². The summed E-state index contributed by atoms with van der Waals surface area (Å²) in [5.74, 6) is -0.204. The standard InChI is InChI=1S/C14H14Cl3NO2S/c1-2-20-5-3-4-18-14(19)13-12(17)11-9(16)6-8(15)7-10(11)21-13/h6-7H,2-5H2,1H3,(H,18,19). The molecule has 2 aromatic rings. The van der Waals surface area contributed by atoms with Crippen LogP contribution >= 0.6 is 46.1 Å². The van der Waals surface area contributed by atoms with Crippen molar-refractivity contribution in [1.29, 1.82) is 0 Å². The van der Waals surface area contributed by atoms with Crippen molar-refractivity contribution in [2.45, 2.75) is 13.3 Å². The van der Waals surface area contributed by atoms with Crippen molar-refractivity contribution < 1.29 is 9.53 Å². The lowest BCUT2D eigenvalue weighted by molar-refractivity contribution is 0.0948. The smallest absolute Gasteiger partial charge is 0.262 e. The zero-order chi connectivity index (χ0) is 15.4. The van der Waals surface area contributed by atoms with Gasteiger partial charge >= 0.3 is 0 Å². The zero-order valence-electron chi connectivity index (χ0n) is 11.3. The molecule has 0 aliphatic heterocycles. The molecule has 0 saturated carbocycles. The highest BCUT2D eigenvalue weighted by molar-refractivity contribution is 7.21. The van der Waals surface area contributed by atoms with Crippen molar-refractivity contribution in [1.82, 2.24) is 5.32 Å². The maximum Gasteiger partial charge on any atom is 0.262 e. The van der Waals surface area contributed by atoms with Crippen LogP contribution in [0.4, 0.5) is 0 Å². The molecule has 3 nitrogen and oxygen atoms in total. The molecule has 1 amide bonds. The summed E-state index contributed by atoms with van der Waals surface area (Å²) in [5.41, 5.74) is 0. The van der Waals surface area contributed by atoms with E-state index in [1.807, 2.05) is 6.92 Å². The molecular formula is C14H14Cl3NO2S. The summed E-state index contributed by atoms with van der Waals surface area (Å²) in [6.07, 6.45) is 0.759. The van der Waals surface area contributed by atoms with E-state index < -0.39 is 0 Å². The maximum atomic E-state index is 12.2. The minimum Gasteiger partial charge on any atom is -0.382 e. The molecule has 0 unspecified atom stereocenters. The molecule has 1 heterocycles. The molecule has 2 rings (SSSR count). The number of hydrogen-bond donors (Lipinski definition) is 1. The largest absolute Gasteiger partial charge is 0.382 e. The summed E-state index contributed by atoms with van der Waals surface area (Å²) in [6, 6.07) is 3.37. The quantitative estimate of drug-likeness (QED) is 0.729. The zero-order valence-corrected chi connectivity index (χ0v) is 14.4. The summed E-state index contributed by atoms with van der Waals surface area (Å²) in [4.78, 5) is 12.6. The number of amides is 1. The Morgan fingerprint density at radius 1 is 1.33 bits per heavy atom. The van der Waals surface area contributed by atoms with E-state index in [0.717, 1.165) is 11.1 Å². The third kappa shape index (κ3) is 4.02. The van der Waals surface area contributed by atoms with E-state index >= 15 is 0 Å². The second kappa shape index (κ2) is 7.65. The summed E-state index contributed by atoms with van der Waals surface area (Å²) >= 11 is 19.7. The molecule has 0 fully saturated rings. The number of nitrogens with one attached hydrogen (secondary N) is 1. The molecule has 0 aliphatic carbocycles. The third-order valence-electron chi connectivity index (χ3n) is 2.81. The average Bonchev–Trinajstić information content (AvgIpc) is 2.75. The van der Waals surface area contributed by atoms with Gasteiger partial charge in [-0.1, -0.05) is 34.8 Å². The van der Waals surface area contributed by atoms with Crippen molar-refractivity contribution in [3.63, 3.8) is 0 Å². The van der Waals surface area contributed by atoms with Crippen molar-refractivity contribution in [3.05, 3.63) is 32.1 Å². The van der Waals surface area contributed by atoms with Crippen LogP contribution in [0.15, 0.2) is 12.1 Å². The number of carbonyl (C=O) groups is 1. The van der Waals surface area contributed by atoms with Crippen LogP contribution in [0, 0.1) is 0 Å². The van der Waals surface area contributed by atoms with Crippen LogP contribution in [0.2, 0.25) is 15.1 Å². The number of fused-ring (bicyclic) bond motifs is 1. The maximum absolute atomic E-state index is 12.2. The minimum atomic E-state index is -0.204. The predicted molar refractivity (Wildman–Crippen MR) is 90.3 cm³/mol. The average molecular weight is 367 g/mol. The number of ether oxygens (including phenoxy) is 1. The van der Waals surface area contributed by atoms with Gasteiger partial charge in [-0.2, -0.15) is 0 Å². The van der Waals surface area contributed by atoms with Gasteiger partial charge in [0.1, 0.15) is 4.88 Å². The second-order valence-electron chi connectivity index (χ2n) is 4.31. The van der Waals surface area contributed by atoms with Gasteiger partial charge in [0.05, 0.1) is 10.0 Å². The normalized spacial score (nSPS) is 11.0. The van der Waals surface area contributed by atoms with Gasteiger partial charge < -0.3 is 10.1 Å². The lowest BCUT2D eigenvalue weighted by Crippen LogP contribution is -2.24. The number of rotatable bonds is 6. The number of carbonyl (C=O) groups excluding carboxylic acids is 1. The van der Waals surface area contributed by atoms with Crippen LogP contribution in [0.5, 0.6) is 0 Å². The minimum absolute atomic E-state index is 0.204. The van der Waals surface area contributed by atoms with E-state index in [0.29, 0.717) is 45.1 Å². The van der Waals surface area contributed by atoms with Gasteiger partial charge in [-0.25, -0.2) is 0 Å². The lowest BCUT2D eigenvalue weighted by atomic mass is 10.2. The number of hydrogen-bond acceptors (Lipinski definition) is 3. The van der Waals surface area contributed by atoms with Gasteiger partial charge in [0.15, 0.2) is 0 Å². The molecule has 21 heavy (non-hydrogen) atoms. The summed E-state index contributed by atoms with van der Waals surface area (Å²) < 4.78 is 6.02. The molecule has 7 heteroatoms. The van der Waals surface area contributed by atoms with Gasteiger partial charge in [-0.15, -0.1) is 11.3 Å². The monoisotopic (exact) mass is 365 g/mol. The topological polar surface area (TPSA) is 38.3 Å². The first kappa shape index (κ1) is 16.8. The number of thiophene rings is 1. The fourth-order valence-corrected chi connectivity index (χ4v) is 4.15. The van der Waals surface area contributed by atoms with Crippen LogP contribution < -0.4 is 5.32 Å². The molecule has 114 valence electrons. The van der Waals surface area contributed by atoms with Gasteiger partial charge in [0, 0.05) is 34.9 Å². The van der Waals surface area contributed by atoms with Gasteiger partial charge in [0.25, 0.3) is 5.91 Å². The number of benzene rings is 1. The van der Waals surface area contributed by atoms with E-state index in [1.165, 1.54) is 11.3 Å². The van der Waals surface area contributed by atoms with Crippen LogP contribution in [0.3, 0.4) is 0 Å². The first-order chi connectivity index (χ1) is 10.0. The number of halogens is 3. The molecule has 1 aromatic heterocycles. The highest BCUT2D eigenvalue weighted by atomic mass is 35.5. The first-order valence-electron chi connectivity index (χ1n) is 6.47. The molecule has 0 saturated heterocycles. The second-order valence-corrected chi connectivity index (χ2v) is 6.59. The Bertz CT molecular complexity index is 657. The van der Waals surface area contributed by atoms with E-state index in [1.54, 1.807) is 12.1 Å². The molecular weight excluding hydrogens is 353 g/mol. The SMILES string of the molecule is CCOCCCNC(=O)c1sc2cc(Cl)cc(Cl)c2c1Cl. The lowest BCUT2D eigenvalue weighted by Gasteiger charge is -2.04. The van der Waals surface area contributed by atoms with Crippen LogP contribution in [-0.4, -0.2) is 25.7 Å². The van der Waals surface area contributed by atoms with Crippen molar-refractivity contribution in [2.75, 3.05) is 19.8 Å². The molecule has 0 atom stereocenters. The Hall–Kier alpha value is -0.520. The summed E-state index contributed by atoms with van der Waals surface area (Å²) in [5, 5.41) is 4.85. The van der Waals surface area contributed by atoms with Crippen LogP contribution in [0.1, 0.15) is 23.0 Å². The van der Waals surface area contributed by atoms with E-state index in [9.17, 15) is 4.79 Å². The Balaban J connectivity index is 2.13. The Labute approximate surface area is 142 Å². The Morgan fingerprint density at radius 2 is 2.10 bits per heavy atom. The molecule has 0 aliphatic rings. The fourth-order valence-electron chi connectivity index (χ4n) is 1.86. The summed E-state index contributed by atoms with van der Waals surface area (Å²) in [6.45, 7) is 3.77. The first-order valence-corrected chi connectivity index (χ1v) is 8.42. The molecule has 0 bridgehead atoms. The highest BCUT2D eigenvalue weighted by Gasteiger charge is 2.19. The van der Waals surface area contributed by atoms with Gasteiger partial charge in [-0.3, -0.25) is 4.79 Å². The third-order valence-corrected chi connectivity index (χ3v) is 4.95. The van der Waals surface area contributed by atoms with Crippen molar-refractivity contribution in [2.24, 2.45) is 0 Å². The van der Waals surface area contributed by atoms with Gasteiger partial charge in [-0.05, 0) is 25.5 Å². The Kier molecular flexibility index (Phi) is 6.14. The molecule has 0 radical (unpaired) electrons. The highest BCUT2D eigenvalue weighted by Crippen LogP contribution is 2.41. The van der Waals surface area contributed by atoms with E-state index in [-0.39, 0.29) is 5.91 Å². The predicted octanol–water partition coefficient (Wildman–Crippen LogP) is 5.02. The van der Waals surface area contributed by atoms with Crippen LogP contribution in [0.25, 0.3) is 10.1 Å². The fraction of sp³-hybridized carbons (Fsp3) is 0.357. The molecule has 0 spiro atoms. The molecule has 1 N–H and O–H groups in total. The Morgan fingerprint density at radius 3 is 2.81 bits per heavy atom. The molecule has 1 aromatic carbocycles. The van der Waals surface area contributed by atoms with Crippen molar-refractivity contribution >= 4 is 62.1 Å². The van der Waals surface area contributed by atoms with Crippen LogP contribution in [-0.2, 0) is 4.74 Å². The van der Waals surface area contributed by atoms with Gasteiger partial charge in [0.2, 0.25) is 0 Å².